The monoisotopic (exact) mass is 266 g/mol. The van der Waals surface area contributed by atoms with Gasteiger partial charge in [-0.15, -0.1) is 0 Å². The third-order valence-electron chi connectivity index (χ3n) is 6.26. The number of aliphatic hydroxyl groups is 1. The van der Waals surface area contributed by atoms with Crippen LogP contribution in [-0.2, 0) is 0 Å². The van der Waals surface area contributed by atoms with Gasteiger partial charge in [0.1, 0.15) is 0 Å². The van der Waals surface area contributed by atoms with Crippen LogP contribution in [-0.4, -0.2) is 10.7 Å². The number of hydrogen-bond acceptors (Lipinski definition) is 1. The van der Waals surface area contributed by atoms with Crippen molar-refractivity contribution >= 4 is 0 Å². The molecule has 0 atom stereocenters. The molecule has 0 saturated heterocycles. The first-order valence-electron chi connectivity index (χ1n) is 8.57. The molecule has 1 N–H and O–H groups in total. The Morgan fingerprint density at radius 1 is 0.947 bits per heavy atom. The lowest BCUT2D eigenvalue weighted by molar-refractivity contribution is -0.0833. The molecule has 2 rings (SSSR count). The quantitative estimate of drug-likeness (QED) is 0.731. The summed E-state index contributed by atoms with van der Waals surface area (Å²) in [7, 11) is 0. The molecular formula is C18H34O. The van der Waals surface area contributed by atoms with Crippen LogP contribution in [0.15, 0.2) is 0 Å². The SMILES string of the molecule is CCC1CCC(C2(O)CCC(C(C)(C)C)CC2)CC1. The van der Waals surface area contributed by atoms with Crippen LogP contribution in [0.25, 0.3) is 0 Å². The van der Waals surface area contributed by atoms with Crippen molar-refractivity contribution in [2.75, 3.05) is 0 Å². The Hall–Kier alpha value is -0.0400. The second-order valence-electron chi connectivity index (χ2n) is 8.37. The van der Waals surface area contributed by atoms with Crippen molar-refractivity contribution in [3.8, 4) is 0 Å². The van der Waals surface area contributed by atoms with Gasteiger partial charge in [0.15, 0.2) is 0 Å². The van der Waals surface area contributed by atoms with Crippen molar-refractivity contribution in [1.29, 1.82) is 0 Å². The van der Waals surface area contributed by atoms with Gasteiger partial charge >= 0.3 is 0 Å². The summed E-state index contributed by atoms with van der Waals surface area (Å²) < 4.78 is 0. The molecule has 1 heteroatoms. The maximum absolute atomic E-state index is 11.0. The van der Waals surface area contributed by atoms with E-state index in [0.29, 0.717) is 11.3 Å². The largest absolute Gasteiger partial charge is 0.390 e. The van der Waals surface area contributed by atoms with Gasteiger partial charge in [-0.05, 0) is 61.7 Å². The fourth-order valence-electron chi connectivity index (χ4n) is 4.50. The Balaban J connectivity index is 1.88. The molecule has 19 heavy (non-hydrogen) atoms. The molecule has 2 fully saturated rings. The van der Waals surface area contributed by atoms with E-state index in [1.165, 1.54) is 44.9 Å². The van der Waals surface area contributed by atoms with Crippen LogP contribution in [0.3, 0.4) is 0 Å². The minimum absolute atomic E-state index is 0.319. The summed E-state index contributed by atoms with van der Waals surface area (Å²) in [4.78, 5) is 0. The molecule has 0 aromatic rings. The maximum atomic E-state index is 11.0. The molecule has 0 aliphatic heterocycles. The molecule has 0 amide bonds. The molecule has 0 aromatic heterocycles. The molecule has 112 valence electrons. The van der Waals surface area contributed by atoms with Crippen molar-refractivity contribution in [1.82, 2.24) is 0 Å². The third kappa shape index (κ3) is 3.54. The first-order valence-corrected chi connectivity index (χ1v) is 8.57. The van der Waals surface area contributed by atoms with E-state index in [1.807, 2.05) is 0 Å². The van der Waals surface area contributed by atoms with Crippen LogP contribution in [0.4, 0.5) is 0 Å². The molecule has 0 radical (unpaired) electrons. The molecule has 0 spiro atoms. The van der Waals surface area contributed by atoms with Crippen LogP contribution >= 0.6 is 0 Å². The fourth-order valence-corrected chi connectivity index (χ4v) is 4.50. The van der Waals surface area contributed by atoms with Gasteiger partial charge in [-0.25, -0.2) is 0 Å². The van der Waals surface area contributed by atoms with Gasteiger partial charge in [-0.3, -0.25) is 0 Å². The van der Waals surface area contributed by atoms with Crippen molar-refractivity contribution in [3.05, 3.63) is 0 Å². The average Bonchev–Trinajstić information content (AvgIpc) is 2.38. The van der Waals surface area contributed by atoms with Crippen LogP contribution in [0, 0.1) is 23.2 Å². The Morgan fingerprint density at radius 3 is 1.89 bits per heavy atom. The zero-order chi connectivity index (χ0) is 14.1. The molecule has 0 bridgehead atoms. The normalized spacial score (nSPS) is 41.2. The lowest BCUT2D eigenvalue weighted by Gasteiger charge is -2.46. The highest BCUT2D eigenvalue weighted by Gasteiger charge is 2.43. The van der Waals surface area contributed by atoms with Gasteiger partial charge in [-0.1, -0.05) is 47.0 Å². The van der Waals surface area contributed by atoms with Gasteiger partial charge in [-0.2, -0.15) is 0 Å². The standard InChI is InChI=1S/C18H34O/c1-5-14-6-8-16(9-7-14)18(19)12-10-15(11-13-18)17(2,3)4/h14-16,19H,5-13H2,1-4H3. The van der Waals surface area contributed by atoms with E-state index in [0.717, 1.165) is 24.7 Å². The summed E-state index contributed by atoms with van der Waals surface area (Å²) in [5, 5.41) is 11.0. The predicted octanol–water partition coefficient (Wildman–Crippen LogP) is 5.17. The first-order chi connectivity index (χ1) is 8.85. The fraction of sp³-hybridized carbons (Fsp3) is 1.00. The zero-order valence-electron chi connectivity index (χ0n) is 13.5. The summed E-state index contributed by atoms with van der Waals surface area (Å²) in [6.07, 6.45) is 11.1. The first kappa shape index (κ1) is 15.4. The van der Waals surface area contributed by atoms with E-state index in [2.05, 4.69) is 27.7 Å². The topological polar surface area (TPSA) is 20.2 Å². The zero-order valence-corrected chi connectivity index (χ0v) is 13.5. The molecule has 2 aliphatic rings. The number of rotatable bonds is 2. The Bertz CT molecular complexity index is 273. The molecule has 0 aromatic carbocycles. The van der Waals surface area contributed by atoms with Crippen LogP contribution < -0.4 is 0 Å². The van der Waals surface area contributed by atoms with Gasteiger partial charge in [0.05, 0.1) is 5.60 Å². The Morgan fingerprint density at radius 2 is 1.47 bits per heavy atom. The summed E-state index contributed by atoms with van der Waals surface area (Å²) in [6, 6.07) is 0. The second kappa shape index (κ2) is 5.76. The minimum Gasteiger partial charge on any atom is -0.390 e. The predicted molar refractivity (Wildman–Crippen MR) is 82.1 cm³/mol. The third-order valence-corrected chi connectivity index (χ3v) is 6.26. The van der Waals surface area contributed by atoms with Crippen LogP contribution in [0.1, 0.15) is 85.5 Å². The van der Waals surface area contributed by atoms with Gasteiger partial charge in [0, 0.05) is 0 Å². The summed E-state index contributed by atoms with van der Waals surface area (Å²) >= 11 is 0. The van der Waals surface area contributed by atoms with E-state index in [-0.39, 0.29) is 5.60 Å². The smallest absolute Gasteiger partial charge is 0.0676 e. The van der Waals surface area contributed by atoms with Crippen LogP contribution in [0.5, 0.6) is 0 Å². The second-order valence-corrected chi connectivity index (χ2v) is 8.37. The summed E-state index contributed by atoms with van der Waals surface area (Å²) in [5.41, 5.74) is 0.0989. The van der Waals surface area contributed by atoms with Crippen molar-refractivity contribution in [2.45, 2.75) is 91.1 Å². The molecular weight excluding hydrogens is 232 g/mol. The minimum atomic E-state index is -0.319. The highest BCUT2D eigenvalue weighted by Crippen LogP contribution is 2.47. The van der Waals surface area contributed by atoms with Crippen LogP contribution in [0.2, 0.25) is 0 Å². The van der Waals surface area contributed by atoms with Gasteiger partial charge < -0.3 is 5.11 Å². The van der Waals surface area contributed by atoms with E-state index >= 15 is 0 Å². The molecule has 0 heterocycles. The highest BCUT2D eigenvalue weighted by molar-refractivity contribution is 4.95. The van der Waals surface area contributed by atoms with Gasteiger partial charge in [0.2, 0.25) is 0 Å². The Kier molecular flexibility index (Phi) is 4.65. The van der Waals surface area contributed by atoms with Gasteiger partial charge in [0.25, 0.3) is 0 Å². The van der Waals surface area contributed by atoms with Crippen molar-refractivity contribution in [3.63, 3.8) is 0 Å². The van der Waals surface area contributed by atoms with E-state index < -0.39 is 0 Å². The van der Waals surface area contributed by atoms with E-state index in [4.69, 9.17) is 0 Å². The molecule has 2 aliphatic carbocycles. The van der Waals surface area contributed by atoms with Crippen molar-refractivity contribution < 1.29 is 5.11 Å². The number of hydrogen-bond donors (Lipinski definition) is 1. The molecule has 0 unspecified atom stereocenters. The molecule has 1 nitrogen and oxygen atoms in total. The molecule has 2 saturated carbocycles. The summed E-state index contributed by atoms with van der Waals surface area (Å²) in [6.45, 7) is 9.38. The van der Waals surface area contributed by atoms with E-state index in [1.54, 1.807) is 0 Å². The lowest BCUT2D eigenvalue weighted by Crippen LogP contribution is -2.44. The van der Waals surface area contributed by atoms with E-state index in [9.17, 15) is 5.11 Å². The summed E-state index contributed by atoms with van der Waals surface area (Å²) in [5.74, 6) is 2.33. The van der Waals surface area contributed by atoms with Crippen molar-refractivity contribution in [2.24, 2.45) is 23.2 Å². The Labute approximate surface area is 120 Å². The highest BCUT2D eigenvalue weighted by atomic mass is 16.3. The maximum Gasteiger partial charge on any atom is 0.0676 e. The average molecular weight is 266 g/mol. The lowest BCUT2D eigenvalue weighted by atomic mass is 9.62.